The van der Waals surface area contributed by atoms with Crippen molar-refractivity contribution in [3.05, 3.63) is 47.8 Å². The average Bonchev–Trinajstić information content (AvgIpc) is 3.33. The van der Waals surface area contributed by atoms with Gasteiger partial charge in [0.25, 0.3) is 5.91 Å². The number of likely N-dealkylation sites (tertiary alicyclic amines) is 1. The number of fused-ring (bicyclic) bond motifs is 1. The third-order valence-corrected chi connectivity index (χ3v) is 5.96. The summed E-state index contributed by atoms with van der Waals surface area (Å²) < 4.78 is 10.9. The maximum Gasteiger partial charge on any atom is 0.289 e. The van der Waals surface area contributed by atoms with Crippen molar-refractivity contribution in [3.8, 4) is 0 Å². The largest absolute Gasteiger partial charge is 0.468 e. The van der Waals surface area contributed by atoms with Crippen molar-refractivity contribution in [1.82, 2.24) is 9.80 Å². The van der Waals surface area contributed by atoms with Crippen molar-refractivity contribution in [3.63, 3.8) is 0 Å². The van der Waals surface area contributed by atoms with Crippen molar-refractivity contribution in [2.75, 3.05) is 20.1 Å². The lowest BCUT2D eigenvalue weighted by molar-refractivity contribution is 0.0736. The van der Waals surface area contributed by atoms with E-state index < -0.39 is 0 Å². The van der Waals surface area contributed by atoms with Crippen molar-refractivity contribution in [2.45, 2.75) is 38.8 Å². The summed E-state index contributed by atoms with van der Waals surface area (Å²) in [7, 11) is 2.18. The summed E-state index contributed by atoms with van der Waals surface area (Å²) >= 11 is 0. The van der Waals surface area contributed by atoms with E-state index in [9.17, 15) is 4.79 Å². The fraction of sp³-hybridized carbons (Fsp3) is 0.550. The van der Waals surface area contributed by atoms with Crippen LogP contribution in [-0.2, 0) is 6.54 Å². The van der Waals surface area contributed by atoms with Crippen LogP contribution in [0.4, 0.5) is 0 Å². The van der Waals surface area contributed by atoms with Crippen molar-refractivity contribution >= 4 is 5.91 Å². The number of rotatable bonds is 4. The van der Waals surface area contributed by atoms with Crippen LogP contribution in [0.1, 0.15) is 41.1 Å². The quantitative estimate of drug-likeness (QED) is 0.852. The maximum atomic E-state index is 12.8. The van der Waals surface area contributed by atoms with Gasteiger partial charge in [0.2, 0.25) is 0 Å². The third-order valence-electron chi connectivity index (χ3n) is 5.96. The summed E-state index contributed by atoms with van der Waals surface area (Å²) in [6, 6.07) is 6.32. The average molecular weight is 342 g/mol. The van der Waals surface area contributed by atoms with Gasteiger partial charge >= 0.3 is 0 Å². The fourth-order valence-corrected chi connectivity index (χ4v) is 4.66. The molecule has 1 aliphatic heterocycles. The van der Waals surface area contributed by atoms with Gasteiger partial charge in [-0.05, 0) is 56.8 Å². The van der Waals surface area contributed by atoms with Crippen LogP contribution in [-0.4, -0.2) is 41.9 Å². The van der Waals surface area contributed by atoms with Crippen LogP contribution in [0.2, 0.25) is 0 Å². The smallest absolute Gasteiger partial charge is 0.289 e. The zero-order chi connectivity index (χ0) is 17.4. The minimum absolute atomic E-state index is 0.0457. The highest BCUT2D eigenvalue weighted by Gasteiger charge is 2.43. The molecule has 134 valence electrons. The molecule has 1 saturated carbocycles. The maximum absolute atomic E-state index is 12.8. The number of hydrogen-bond acceptors (Lipinski definition) is 4. The first kappa shape index (κ1) is 16.5. The molecular weight excluding hydrogens is 316 g/mol. The molecule has 0 unspecified atom stereocenters. The molecule has 4 rings (SSSR count). The second-order valence-corrected chi connectivity index (χ2v) is 7.56. The van der Waals surface area contributed by atoms with Gasteiger partial charge in [-0.15, -0.1) is 0 Å². The Balaban J connectivity index is 1.46. The molecule has 1 aliphatic carbocycles. The SMILES string of the molecule is Cc1ccoc1C(=O)N1C[C@@H]2CCC[C@@H](N(C)Cc3ccco3)[C@H]2C1. The molecule has 0 radical (unpaired) electrons. The van der Waals surface area contributed by atoms with Crippen LogP contribution in [0.25, 0.3) is 0 Å². The molecule has 1 amide bonds. The van der Waals surface area contributed by atoms with E-state index >= 15 is 0 Å². The molecule has 0 N–H and O–H groups in total. The molecule has 2 aliphatic rings. The lowest BCUT2D eigenvalue weighted by atomic mass is 9.77. The van der Waals surface area contributed by atoms with Crippen LogP contribution in [0.15, 0.2) is 39.6 Å². The van der Waals surface area contributed by atoms with Crippen LogP contribution in [0.3, 0.4) is 0 Å². The van der Waals surface area contributed by atoms with Crippen molar-refractivity contribution in [2.24, 2.45) is 11.8 Å². The molecule has 3 heterocycles. The van der Waals surface area contributed by atoms with E-state index in [-0.39, 0.29) is 5.91 Å². The topological polar surface area (TPSA) is 49.8 Å². The van der Waals surface area contributed by atoms with Gasteiger partial charge < -0.3 is 13.7 Å². The zero-order valence-corrected chi connectivity index (χ0v) is 15.0. The lowest BCUT2D eigenvalue weighted by Gasteiger charge is -2.38. The summed E-state index contributed by atoms with van der Waals surface area (Å²) in [6.45, 7) is 4.44. The number of aryl methyl sites for hydroxylation is 1. The number of amides is 1. The highest BCUT2D eigenvalue weighted by Crippen LogP contribution is 2.39. The Morgan fingerprint density at radius 1 is 1.24 bits per heavy atom. The van der Waals surface area contributed by atoms with Crippen LogP contribution >= 0.6 is 0 Å². The Labute approximate surface area is 148 Å². The van der Waals surface area contributed by atoms with E-state index in [4.69, 9.17) is 8.83 Å². The minimum atomic E-state index is 0.0457. The number of carbonyl (C=O) groups is 1. The van der Waals surface area contributed by atoms with E-state index in [1.165, 1.54) is 19.3 Å². The highest BCUT2D eigenvalue weighted by molar-refractivity contribution is 5.93. The van der Waals surface area contributed by atoms with Crippen LogP contribution < -0.4 is 0 Å². The molecule has 3 atom stereocenters. The van der Waals surface area contributed by atoms with E-state index in [2.05, 4.69) is 11.9 Å². The zero-order valence-electron chi connectivity index (χ0n) is 15.0. The first-order valence-corrected chi connectivity index (χ1v) is 9.19. The second kappa shape index (κ2) is 6.71. The molecule has 2 aromatic rings. The number of furan rings is 2. The van der Waals surface area contributed by atoms with Crippen LogP contribution in [0.5, 0.6) is 0 Å². The van der Waals surface area contributed by atoms with Gasteiger partial charge in [-0.2, -0.15) is 0 Å². The standard InChI is InChI=1S/C20H26N2O3/c1-14-8-10-25-19(14)20(23)22-11-15-5-3-7-18(17(15)13-22)21(2)12-16-6-4-9-24-16/h4,6,8-10,15,17-18H,3,5,7,11-13H2,1-2H3/t15-,17-,18+/m0/s1. The summed E-state index contributed by atoms with van der Waals surface area (Å²) in [6.07, 6.45) is 6.98. The summed E-state index contributed by atoms with van der Waals surface area (Å²) in [4.78, 5) is 17.2. The Bertz CT molecular complexity index is 721. The monoisotopic (exact) mass is 342 g/mol. The van der Waals surface area contributed by atoms with Gasteiger partial charge in [0.15, 0.2) is 5.76 Å². The first-order chi connectivity index (χ1) is 12.1. The second-order valence-electron chi connectivity index (χ2n) is 7.56. The molecule has 0 aromatic carbocycles. The van der Waals surface area contributed by atoms with Crippen molar-refractivity contribution < 1.29 is 13.6 Å². The molecule has 25 heavy (non-hydrogen) atoms. The minimum Gasteiger partial charge on any atom is -0.468 e. The molecule has 2 fully saturated rings. The normalized spacial score (nSPS) is 26.2. The lowest BCUT2D eigenvalue weighted by Crippen LogP contribution is -2.43. The number of carbonyl (C=O) groups excluding carboxylic acids is 1. The van der Waals surface area contributed by atoms with Gasteiger partial charge in [0.1, 0.15) is 5.76 Å². The predicted octanol–water partition coefficient (Wildman–Crippen LogP) is 3.55. The fourth-order valence-electron chi connectivity index (χ4n) is 4.66. The first-order valence-electron chi connectivity index (χ1n) is 9.19. The van der Waals surface area contributed by atoms with Crippen molar-refractivity contribution in [1.29, 1.82) is 0 Å². The van der Waals surface area contributed by atoms with Gasteiger partial charge in [0, 0.05) is 24.7 Å². The van der Waals surface area contributed by atoms with Crippen LogP contribution in [0, 0.1) is 18.8 Å². The predicted molar refractivity (Wildman–Crippen MR) is 94.1 cm³/mol. The molecule has 5 heteroatoms. The molecule has 2 aromatic heterocycles. The van der Waals surface area contributed by atoms with E-state index in [0.29, 0.717) is 23.6 Å². The summed E-state index contributed by atoms with van der Waals surface area (Å²) in [5.41, 5.74) is 0.923. The Kier molecular flexibility index (Phi) is 4.42. The third kappa shape index (κ3) is 3.13. The van der Waals surface area contributed by atoms with Gasteiger partial charge in [-0.3, -0.25) is 9.69 Å². The Hall–Kier alpha value is -2.01. The van der Waals surface area contributed by atoms with E-state index in [1.807, 2.05) is 30.0 Å². The number of hydrogen-bond donors (Lipinski definition) is 0. The van der Waals surface area contributed by atoms with Gasteiger partial charge in [-0.25, -0.2) is 0 Å². The van der Waals surface area contributed by atoms with Gasteiger partial charge in [0.05, 0.1) is 19.1 Å². The van der Waals surface area contributed by atoms with Gasteiger partial charge in [-0.1, -0.05) is 6.42 Å². The van der Waals surface area contributed by atoms with E-state index in [1.54, 1.807) is 12.5 Å². The molecular formula is C20H26N2O3. The Morgan fingerprint density at radius 3 is 2.84 bits per heavy atom. The molecule has 1 saturated heterocycles. The summed E-state index contributed by atoms with van der Waals surface area (Å²) in [5, 5.41) is 0. The Morgan fingerprint density at radius 2 is 2.12 bits per heavy atom. The highest BCUT2D eigenvalue weighted by atomic mass is 16.3. The molecule has 0 bridgehead atoms. The van der Waals surface area contributed by atoms with E-state index in [0.717, 1.165) is 31.0 Å². The number of nitrogens with zero attached hydrogens (tertiary/aromatic N) is 2. The summed E-state index contributed by atoms with van der Waals surface area (Å²) in [5.74, 6) is 2.68. The molecule has 0 spiro atoms. The molecule has 5 nitrogen and oxygen atoms in total.